The average Bonchev–Trinajstić information content (AvgIpc) is 3.38. The van der Waals surface area contributed by atoms with E-state index in [0.29, 0.717) is 17.5 Å². The standard InChI is InChI=1S/C21H29N5O/c1-17-4-2-12-26(17)20-6-5-19(16-22-20)21(27)24-13-7-18(8-14-24)9-15-25-11-3-10-23-25/h3,5-6,10-11,16-18H,2,4,7-9,12-15H2,1H3/t17-/m1/s1. The smallest absolute Gasteiger partial charge is 0.255 e. The van der Waals surface area contributed by atoms with Gasteiger partial charge in [0, 0.05) is 50.8 Å². The molecule has 0 radical (unpaired) electrons. The van der Waals surface area contributed by atoms with Crippen molar-refractivity contribution in [3.8, 4) is 0 Å². The van der Waals surface area contributed by atoms with Crippen LogP contribution >= 0.6 is 0 Å². The van der Waals surface area contributed by atoms with Crippen molar-refractivity contribution in [1.82, 2.24) is 19.7 Å². The lowest BCUT2D eigenvalue weighted by Gasteiger charge is -2.32. The molecule has 4 rings (SSSR count). The predicted molar refractivity (Wildman–Crippen MR) is 106 cm³/mol. The zero-order valence-electron chi connectivity index (χ0n) is 16.1. The molecule has 0 unspecified atom stereocenters. The van der Waals surface area contributed by atoms with E-state index in [1.165, 1.54) is 12.8 Å². The van der Waals surface area contributed by atoms with Gasteiger partial charge in [-0.3, -0.25) is 9.48 Å². The lowest BCUT2D eigenvalue weighted by Crippen LogP contribution is -2.38. The maximum atomic E-state index is 12.8. The Kier molecular flexibility index (Phi) is 5.41. The van der Waals surface area contributed by atoms with Gasteiger partial charge in [-0.25, -0.2) is 4.98 Å². The van der Waals surface area contributed by atoms with Crippen molar-refractivity contribution in [2.75, 3.05) is 24.5 Å². The van der Waals surface area contributed by atoms with Crippen molar-refractivity contribution in [3.05, 3.63) is 42.4 Å². The van der Waals surface area contributed by atoms with Crippen LogP contribution in [0.1, 0.15) is 49.4 Å². The molecule has 144 valence electrons. The van der Waals surface area contributed by atoms with Crippen LogP contribution in [0, 0.1) is 5.92 Å². The lowest BCUT2D eigenvalue weighted by atomic mass is 9.93. The van der Waals surface area contributed by atoms with Crippen LogP contribution in [0.2, 0.25) is 0 Å². The fraction of sp³-hybridized carbons (Fsp3) is 0.571. The summed E-state index contributed by atoms with van der Waals surface area (Å²) in [5.41, 5.74) is 0.709. The third kappa shape index (κ3) is 4.15. The number of amides is 1. The van der Waals surface area contributed by atoms with Gasteiger partial charge in [-0.05, 0) is 63.1 Å². The molecular formula is C21H29N5O. The number of carbonyl (C=O) groups excluding carboxylic acids is 1. The minimum absolute atomic E-state index is 0.119. The second-order valence-corrected chi connectivity index (χ2v) is 7.88. The summed E-state index contributed by atoms with van der Waals surface area (Å²) in [5, 5.41) is 4.27. The van der Waals surface area contributed by atoms with E-state index >= 15 is 0 Å². The van der Waals surface area contributed by atoms with E-state index in [2.05, 4.69) is 21.9 Å². The molecule has 6 nitrogen and oxygen atoms in total. The molecule has 6 heteroatoms. The molecule has 2 aliphatic heterocycles. The monoisotopic (exact) mass is 367 g/mol. The maximum Gasteiger partial charge on any atom is 0.255 e. The molecule has 2 saturated heterocycles. The Labute approximate surface area is 161 Å². The van der Waals surface area contributed by atoms with Gasteiger partial charge in [0.05, 0.1) is 5.56 Å². The maximum absolute atomic E-state index is 12.8. The van der Waals surface area contributed by atoms with Gasteiger partial charge in [-0.15, -0.1) is 0 Å². The van der Waals surface area contributed by atoms with Gasteiger partial charge in [0.15, 0.2) is 0 Å². The average molecular weight is 367 g/mol. The second-order valence-electron chi connectivity index (χ2n) is 7.88. The normalized spacial score (nSPS) is 21.0. The molecule has 1 atom stereocenters. The van der Waals surface area contributed by atoms with Crippen LogP contribution in [0.3, 0.4) is 0 Å². The number of likely N-dealkylation sites (tertiary alicyclic amines) is 1. The summed E-state index contributed by atoms with van der Waals surface area (Å²) < 4.78 is 1.99. The highest BCUT2D eigenvalue weighted by Gasteiger charge is 2.25. The number of pyridine rings is 1. The first-order valence-electron chi connectivity index (χ1n) is 10.2. The van der Waals surface area contributed by atoms with Gasteiger partial charge >= 0.3 is 0 Å². The summed E-state index contributed by atoms with van der Waals surface area (Å²) in [7, 11) is 0. The number of aryl methyl sites for hydroxylation is 1. The van der Waals surface area contributed by atoms with Crippen LogP contribution in [-0.2, 0) is 6.54 Å². The molecule has 27 heavy (non-hydrogen) atoms. The molecule has 0 bridgehead atoms. The number of hydrogen-bond acceptors (Lipinski definition) is 4. The first-order chi connectivity index (χ1) is 13.2. The van der Waals surface area contributed by atoms with E-state index in [1.54, 1.807) is 6.20 Å². The zero-order valence-corrected chi connectivity index (χ0v) is 16.1. The van der Waals surface area contributed by atoms with E-state index in [4.69, 9.17) is 0 Å². The molecule has 0 aromatic carbocycles. The van der Waals surface area contributed by atoms with Crippen molar-refractivity contribution in [1.29, 1.82) is 0 Å². The molecule has 4 heterocycles. The fourth-order valence-electron chi connectivity index (χ4n) is 4.31. The first-order valence-corrected chi connectivity index (χ1v) is 10.2. The van der Waals surface area contributed by atoms with Crippen molar-refractivity contribution in [2.24, 2.45) is 5.92 Å². The third-order valence-electron chi connectivity index (χ3n) is 6.07. The molecule has 2 aliphatic rings. The first kappa shape index (κ1) is 18.0. The van der Waals surface area contributed by atoms with Crippen LogP contribution in [0.4, 0.5) is 5.82 Å². The van der Waals surface area contributed by atoms with Crippen molar-refractivity contribution >= 4 is 11.7 Å². The summed E-state index contributed by atoms with van der Waals surface area (Å²) in [5.74, 6) is 1.79. The number of nitrogens with zero attached hydrogens (tertiary/aromatic N) is 5. The minimum Gasteiger partial charge on any atom is -0.354 e. The van der Waals surface area contributed by atoms with Gasteiger partial charge in [-0.1, -0.05) is 0 Å². The zero-order chi connectivity index (χ0) is 18.6. The highest BCUT2D eigenvalue weighted by atomic mass is 16.2. The second kappa shape index (κ2) is 8.11. The SMILES string of the molecule is C[C@@H]1CCCN1c1ccc(C(=O)N2CCC(CCn3cccn3)CC2)cn1. The molecule has 0 N–H and O–H groups in total. The van der Waals surface area contributed by atoms with Gasteiger partial charge in [0.1, 0.15) is 5.82 Å². The largest absolute Gasteiger partial charge is 0.354 e. The van der Waals surface area contributed by atoms with Gasteiger partial charge in [0.25, 0.3) is 5.91 Å². The quantitative estimate of drug-likeness (QED) is 0.814. The minimum atomic E-state index is 0.119. The van der Waals surface area contributed by atoms with E-state index in [0.717, 1.165) is 51.3 Å². The van der Waals surface area contributed by atoms with Crippen LogP contribution in [-0.4, -0.2) is 51.2 Å². The van der Waals surface area contributed by atoms with Crippen LogP contribution in [0.25, 0.3) is 0 Å². The van der Waals surface area contributed by atoms with E-state index in [1.807, 2.05) is 40.2 Å². The molecule has 2 aromatic rings. The Morgan fingerprint density at radius 1 is 1.19 bits per heavy atom. The molecular weight excluding hydrogens is 338 g/mol. The van der Waals surface area contributed by atoms with E-state index < -0.39 is 0 Å². The summed E-state index contributed by atoms with van der Waals surface area (Å²) in [6, 6.07) is 6.45. The number of aromatic nitrogens is 3. The molecule has 2 fully saturated rings. The number of hydrogen-bond donors (Lipinski definition) is 0. The summed E-state index contributed by atoms with van der Waals surface area (Å²) in [6.45, 7) is 5.95. The summed E-state index contributed by atoms with van der Waals surface area (Å²) >= 11 is 0. The Bertz CT molecular complexity index is 734. The topological polar surface area (TPSA) is 54.3 Å². The van der Waals surface area contributed by atoms with E-state index in [-0.39, 0.29) is 5.91 Å². The highest BCUT2D eigenvalue weighted by molar-refractivity contribution is 5.94. The third-order valence-corrected chi connectivity index (χ3v) is 6.07. The number of anilines is 1. The van der Waals surface area contributed by atoms with Crippen molar-refractivity contribution in [3.63, 3.8) is 0 Å². The highest BCUT2D eigenvalue weighted by Crippen LogP contribution is 2.25. The Morgan fingerprint density at radius 3 is 2.67 bits per heavy atom. The van der Waals surface area contributed by atoms with Crippen LogP contribution < -0.4 is 4.90 Å². The number of piperidine rings is 1. The fourth-order valence-corrected chi connectivity index (χ4v) is 4.31. The molecule has 1 amide bonds. The molecule has 2 aromatic heterocycles. The molecule has 0 aliphatic carbocycles. The number of carbonyl (C=O) groups is 1. The van der Waals surface area contributed by atoms with Gasteiger partial charge in [0.2, 0.25) is 0 Å². The van der Waals surface area contributed by atoms with Crippen LogP contribution in [0.15, 0.2) is 36.8 Å². The Morgan fingerprint density at radius 2 is 2.04 bits per heavy atom. The lowest BCUT2D eigenvalue weighted by molar-refractivity contribution is 0.0684. The molecule has 0 saturated carbocycles. The van der Waals surface area contributed by atoms with Crippen molar-refractivity contribution in [2.45, 2.75) is 51.6 Å². The molecule has 0 spiro atoms. The Balaban J connectivity index is 1.28. The summed E-state index contributed by atoms with van der Waals surface area (Å²) in [4.78, 5) is 21.7. The van der Waals surface area contributed by atoms with E-state index in [9.17, 15) is 4.79 Å². The van der Waals surface area contributed by atoms with Gasteiger partial charge < -0.3 is 9.80 Å². The van der Waals surface area contributed by atoms with Crippen molar-refractivity contribution < 1.29 is 4.79 Å². The predicted octanol–water partition coefficient (Wildman–Crippen LogP) is 3.21. The summed E-state index contributed by atoms with van der Waals surface area (Å²) in [6.07, 6.45) is 11.3. The van der Waals surface area contributed by atoms with Gasteiger partial charge in [-0.2, -0.15) is 5.10 Å². The van der Waals surface area contributed by atoms with Crippen LogP contribution in [0.5, 0.6) is 0 Å². The number of rotatable bonds is 5. The Hall–Kier alpha value is -2.37.